The van der Waals surface area contributed by atoms with Gasteiger partial charge in [0.25, 0.3) is 11.1 Å². The van der Waals surface area contributed by atoms with Crippen molar-refractivity contribution in [2.75, 3.05) is 4.90 Å². The SMILES string of the molecule is Cc1nc2c(c(=O)[nH]1)Cc1c([nH]c(=O)n(C)c1=O)N2c1ccc(C)c(C)c1. The van der Waals surface area contributed by atoms with Crippen LogP contribution in [0.15, 0.2) is 32.6 Å². The number of benzene rings is 1. The molecule has 0 bridgehead atoms. The van der Waals surface area contributed by atoms with Crippen LogP contribution in [-0.2, 0) is 13.5 Å². The first-order chi connectivity index (χ1) is 12.8. The molecule has 0 amide bonds. The molecule has 8 nitrogen and oxygen atoms in total. The minimum atomic E-state index is -0.516. The van der Waals surface area contributed by atoms with E-state index in [1.807, 2.05) is 32.0 Å². The molecule has 0 aliphatic carbocycles. The smallest absolute Gasteiger partial charge is 0.310 e. The Morgan fingerprint density at radius 1 is 1.00 bits per heavy atom. The van der Waals surface area contributed by atoms with Crippen LogP contribution in [0.2, 0.25) is 0 Å². The van der Waals surface area contributed by atoms with Gasteiger partial charge in [0.05, 0.1) is 11.1 Å². The zero-order valence-corrected chi connectivity index (χ0v) is 15.5. The summed E-state index contributed by atoms with van der Waals surface area (Å²) >= 11 is 0. The third kappa shape index (κ3) is 2.52. The first-order valence-electron chi connectivity index (χ1n) is 8.57. The Labute approximate surface area is 154 Å². The van der Waals surface area contributed by atoms with Crippen LogP contribution in [0.5, 0.6) is 0 Å². The molecule has 2 N–H and O–H groups in total. The fourth-order valence-electron chi connectivity index (χ4n) is 3.35. The van der Waals surface area contributed by atoms with Crippen LogP contribution >= 0.6 is 0 Å². The maximum atomic E-state index is 12.7. The van der Waals surface area contributed by atoms with Gasteiger partial charge in [0.1, 0.15) is 17.5 Å². The molecule has 0 atom stereocenters. The second kappa shape index (κ2) is 5.80. The van der Waals surface area contributed by atoms with Crippen molar-refractivity contribution in [3.63, 3.8) is 0 Å². The monoisotopic (exact) mass is 365 g/mol. The number of hydrogen-bond donors (Lipinski definition) is 2. The molecule has 1 aliphatic rings. The number of rotatable bonds is 1. The van der Waals surface area contributed by atoms with Crippen molar-refractivity contribution in [3.05, 3.63) is 77.5 Å². The molecule has 3 heterocycles. The van der Waals surface area contributed by atoms with Crippen molar-refractivity contribution in [1.82, 2.24) is 19.5 Å². The summed E-state index contributed by atoms with van der Waals surface area (Å²) < 4.78 is 1.01. The van der Waals surface area contributed by atoms with Gasteiger partial charge >= 0.3 is 5.69 Å². The van der Waals surface area contributed by atoms with Crippen LogP contribution in [0, 0.1) is 20.8 Å². The largest absolute Gasteiger partial charge is 0.329 e. The zero-order valence-electron chi connectivity index (χ0n) is 15.5. The van der Waals surface area contributed by atoms with Crippen LogP contribution in [0.25, 0.3) is 0 Å². The lowest BCUT2D eigenvalue weighted by atomic mass is 10.0. The number of anilines is 3. The summed E-state index contributed by atoms with van der Waals surface area (Å²) in [5.41, 5.74) is 2.42. The molecule has 0 unspecified atom stereocenters. The Kier molecular flexibility index (Phi) is 3.66. The molecule has 0 saturated heterocycles. The molecular weight excluding hydrogens is 346 g/mol. The maximum absolute atomic E-state index is 12.7. The lowest BCUT2D eigenvalue weighted by Gasteiger charge is -2.31. The molecule has 8 heteroatoms. The molecule has 0 fully saturated rings. The van der Waals surface area contributed by atoms with Crippen LogP contribution in [-0.4, -0.2) is 19.5 Å². The van der Waals surface area contributed by atoms with Gasteiger partial charge in [-0.15, -0.1) is 0 Å². The maximum Gasteiger partial charge on any atom is 0.329 e. The van der Waals surface area contributed by atoms with Crippen LogP contribution in [0.3, 0.4) is 0 Å². The Balaban J connectivity index is 2.11. The second-order valence-corrected chi connectivity index (χ2v) is 6.86. The molecule has 27 heavy (non-hydrogen) atoms. The number of nitrogens with one attached hydrogen (secondary N) is 2. The molecule has 0 radical (unpaired) electrons. The molecule has 1 aromatic carbocycles. The summed E-state index contributed by atoms with van der Waals surface area (Å²) in [4.78, 5) is 49.2. The minimum Gasteiger partial charge on any atom is -0.310 e. The van der Waals surface area contributed by atoms with E-state index in [1.54, 1.807) is 11.8 Å². The first-order valence-corrected chi connectivity index (χ1v) is 8.57. The first kappa shape index (κ1) is 17.0. The molecule has 1 aliphatic heterocycles. The van der Waals surface area contributed by atoms with Gasteiger partial charge in [-0.2, -0.15) is 0 Å². The summed E-state index contributed by atoms with van der Waals surface area (Å²) in [6, 6.07) is 5.79. The quantitative estimate of drug-likeness (QED) is 0.531. The highest BCUT2D eigenvalue weighted by Crippen LogP contribution is 2.39. The Hall–Kier alpha value is -3.42. The fraction of sp³-hybridized carbons (Fsp3) is 0.263. The third-order valence-corrected chi connectivity index (χ3v) is 5.03. The van der Waals surface area contributed by atoms with Gasteiger partial charge in [-0.05, 0) is 44.0 Å². The molecule has 0 saturated carbocycles. The van der Waals surface area contributed by atoms with Gasteiger partial charge < -0.3 is 4.98 Å². The lowest BCUT2D eigenvalue weighted by Crippen LogP contribution is -2.40. The average molecular weight is 365 g/mol. The van der Waals surface area contributed by atoms with Crippen molar-refractivity contribution < 1.29 is 0 Å². The number of aromatic amines is 2. The van der Waals surface area contributed by atoms with Gasteiger partial charge in [-0.3, -0.25) is 24.0 Å². The number of hydrogen-bond acceptors (Lipinski definition) is 5. The highest BCUT2D eigenvalue weighted by molar-refractivity contribution is 5.79. The van der Waals surface area contributed by atoms with E-state index in [-0.39, 0.29) is 12.0 Å². The highest BCUT2D eigenvalue weighted by atomic mass is 16.2. The average Bonchev–Trinajstić information content (AvgIpc) is 2.61. The van der Waals surface area contributed by atoms with E-state index in [1.165, 1.54) is 7.05 Å². The van der Waals surface area contributed by atoms with Gasteiger partial charge in [-0.25, -0.2) is 9.78 Å². The Bertz CT molecular complexity index is 1270. The van der Waals surface area contributed by atoms with Crippen molar-refractivity contribution in [2.24, 2.45) is 7.05 Å². The van der Waals surface area contributed by atoms with E-state index in [9.17, 15) is 14.4 Å². The van der Waals surface area contributed by atoms with Crippen LogP contribution in [0.1, 0.15) is 28.1 Å². The van der Waals surface area contributed by atoms with Crippen molar-refractivity contribution in [1.29, 1.82) is 0 Å². The summed E-state index contributed by atoms with van der Waals surface area (Å²) in [5, 5.41) is 0. The highest BCUT2D eigenvalue weighted by Gasteiger charge is 2.31. The van der Waals surface area contributed by atoms with E-state index in [0.717, 1.165) is 21.4 Å². The van der Waals surface area contributed by atoms with Gasteiger partial charge in [-0.1, -0.05) is 6.07 Å². The van der Waals surface area contributed by atoms with E-state index >= 15 is 0 Å². The number of aromatic nitrogens is 4. The summed E-state index contributed by atoms with van der Waals surface area (Å²) in [7, 11) is 1.41. The summed E-state index contributed by atoms with van der Waals surface area (Å²) in [5.74, 6) is 1.24. The van der Waals surface area contributed by atoms with E-state index in [0.29, 0.717) is 28.6 Å². The molecule has 0 spiro atoms. The van der Waals surface area contributed by atoms with Crippen molar-refractivity contribution >= 4 is 17.3 Å². The predicted octanol–water partition coefficient (Wildman–Crippen LogP) is 1.46. The molecule has 138 valence electrons. The number of nitrogens with zero attached hydrogens (tertiary/aromatic N) is 3. The zero-order chi connectivity index (χ0) is 19.5. The summed E-state index contributed by atoms with van der Waals surface area (Å²) in [6.45, 7) is 5.68. The van der Waals surface area contributed by atoms with E-state index in [2.05, 4.69) is 15.0 Å². The topological polar surface area (TPSA) is 104 Å². The van der Waals surface area contributed by atoms with Crippen LogP contribution in [0.4, 0.5) is 17.3 Å². The van der Waals surface area contributed by atoms with Gasteiger partial charge in [0, 0.05) is 19.2 Å². The number of H-pyrrole nitrogens is 2. The van der Waals surface area contributed by atoms with E-state index < -0.39 is 11.2 Å². The third-order valence-electron chi connectivity index (χ3n) is 5.03. The molecule has 3 aromatic rings. The standard InChI is InChI=1S/C19H19N5O3/c1-9-5-6-12(7-10(9)2)24-15-13(17(25)21-11(3)20-15)8-14-16(24)22-19(27)23(4)18(14)26/h5-7H,8H2,1-4H3,(H,22,27)(H,20,21,25). The molecule has 4 rings (SSSR count). The summed E-state index contributed by atoms with van der Waals surface area (Å²) in [6.07, 6.45) is 0.109. The Morgan fingerprint density at radius 3 is 2.44 bits per heavy atom. The van der Waals surface area contributed by atoms with Gasteiger partial charge in [0.2, 0.25) is 0 Å². The normalized spacial score (nSPS) is 12.7. The second-order valence-electron chi connectivity index (χ2n) is 6.86. The van der Waals surface area contributed by atoms with Crippen molar-refractivity contribution in [2.45, 2.75) is 27.2 Å². The fourth-order valence-corrected chi connectivity index (χ4v) is 3.35. The predicted molar refractivity (Wildman–Crippen MR) is 102 cm³/mol. The number of fused-ring (bicyclic) bond motifs is 2. The lowest BCUT2D eigenvalue weighted by molar-refractivity contribution is 0.747. The van der Waals surface area contributed by atoms with E-state index in [4.69, 9.17) is 0 Å². The van der Waals surface area contributed by atoms with Crippen LogP contribution < -0.4 is 21.7 Å². The van der Waals surface area contributed by atoms with Gasteiger partial charge in [0.15, 0.2) is 0 Å². The molecule has 2 aromatic heterocycles. The van der Waals surface area contributed by atoms with Crippen molar-refractivity contribution in [3.8, 4) is 0 Å². The minimum absolute atomic E-state index is 0.109. The molecular formula is C19H19N5O3. The number of aryl methyl sites for hydroxylation is 3. The Morgan fingerprint density at radius 2 is 1.74 bits per heavy atom.